The van der Waals surface area contributed by atoms with E-state index < -0.39 is 0 Å². The summed E-state index contributed by atoms with van der Waals surface area (Å²) in [5, 5.41) is 3.20. The molecule has 0 atom stereocenters. The molecule has 0 N–H and O–H groups in total. The normalized spacial score (nSPS) is 14.9. The van der Waals surface area contributed by atoms with Gasteiger partial charge < -0.3 is 18.8 Å². The van der Waals surface area contributed by atoms with Crippen LogP contribution in [0.2, 0.25) is 0 Å². The Labute approximate surface area is 353 Å². The molecule has 0 saturated carbocycles. The molecule has 0 bridgehead atoms. The summed E-state index contributed by atoms with van der Waals surface area (Å²) >= 11 is 0. The Morgan fingerprint density at radius 1 is 0.621 bits per heavy atom. The quantitative estimate of drug-likeness (QED) is 0.0944. The van der Waals surface area contributed by atoms with Gasteiger partial charge in [0.25, 0.3) is 0 Å². The predicted octanol–water partition coefficient (Wildman–Crippen LogP) is 11.3. The average molecular weight is 931 g/mol. The maximum absolute atomic E-state index is 6.76. The summed E-state index contributed by atoms with van der Waals surface area (Å²) < 4.78 is 9.17. The van der Waals surface area contributed by atoms with Crippen molar-refractivity contribution in [2.24, 2.45) is 0 Å². The van der Waals surface area contributed by atoms with Crippen molar-refractivity contribution >= 4 is 62.6 Å². The molecule has 0 radical (unpaired) electrons. The molecule has 5 heterocycles. The number of nitrogens with zero attached hydrogens (tertiary/aromatic N) is 5. The number of fused-ring (bicyclic) bond motifs is 4. The van der Waals surface area contributed by atoms with Crippen LogP contribution < -0.4 is 19.8 Å². The predicted molar refractivity (Wildman–Crippen MR) is 233 cm³/mol. The number of hydrogen-bond acceptors (Lipinski definition) is 5. The van der Waals surface area contributed by atoms with E-state index in [1.54, 1.807) is 0 Å². The number of para-hydroxylation sites is 2. The van der Waals surface area contributed by atoms with Gasteiger partial charge in [0.2, 0.25) is 0 Å². The Morgan fingerprint density at radius 3 is 2.05 bits per heavy atom. The molecule has 0 unspecified atom stereocenters. The Kier molecular flexibility index (Phi) is 8.40. The van der Waals surface area contributed by atoms with Gasteiger partial charge in [-0.25, -0.2) is 4.98 Å². The molecule has 0 amide bonds. The second-order valence-electron chi connectivity index (χ2n) is 16.1. The minimum absolute atomic E-state index is 0. The summed E-state index contributed by atoms with van der Waals surface area (Å²) in [6.07, 6.45) is 1.84. The van der Waals surface area contributed by atoms with Crippen LogP contribution in [0.25, 0.3) is 38.6 Å². The van der Waals surface area contributed by atoms with E-state index in [0.717, 1.165) is 56.0 Å². The molecule has 11 rings (SSSR count). The van der Waals surface area contributed by atoms with Gasteiger partial charge in [-0.15, -0.1) is 30.3 Å². The Bertz CT molecular complexity index is 3010. The van der Waals surface area contributed by atoms with Gasteiger partial charge in [-0.3, -0.25) is 4.98 Å². The van der Waals surface area contributed by atoms with Crippen molar-refractivity contribution in [1.29, 1.82) is 0 Å². The number of anilines is 4. The zero-order valence-corrected chi connectivity index (χ0v) is 34.8. The first kappa shape index (κ1) is 36.2. The third-order valence-corrected chi connectivity index (χ3v) is 12.6. The molecular formula is C50H38BN5OPt. The molecule has 2 aliphatic heterocycles. The van der Waals surface area contributed by atoms with Crippen LogP contribution in [-0.4, -0.2) is 21.4 Å². The topological polar surface area (TPSA) is 45.9 Å². The molecule has 0 saturated heterocycles. The van der Waals surface area contributed by atoms with E-state index in [9.17, 15) is 0 Å². The van der Waals surface area contributed by atoms with Crippen molar-refractivity contribution in [3.05, 3.63) is 181 Å². The Balaban J connectivity index is 0.00000408. The number of hydrogen-bond donors (Lipinski definition) is 0. The minimum Gasteiger partial charge on any atom is -0.503 e. The molecule has 8 heteroatoms. The fourth-order valence-corrected chi connectivity index (χ4v) is 9.16. The van der Waals surface area contributed by atoms with Gasteiger partial charge in [0, 0.05) is 51.0 Å². The van der Waals surface area contributed by atoms with Crippen LogP contribution in [0, 0.1) is 12.1 Å². The van der Waals surface area contributed by atoms with Crippen molar-refractivity contribution in [2.45, 2.75) is 38.5 Å². The van der Waals surface area contributed by atoms with Crippen LogP contribution in [0.4, 0.5) is 22.9 Å². The minimum atomic E-state index is -0.231. The molecule has 3 aromatic heterocycles. The molecule has 6 aromatic carbocycles. The third-order valence-electron chi connectivity index (χ3n) is 12.6. The molecule has 0 fully saturated rings. The number of benzene rings is 6. The standard InChI is InChI=1S/C50H38BN5O.Pt/c1-49(2)41-24-16-23-39-38-28-26-36(31-40(38)48-53-45(33-17-8-5-9-18-33)47(50(49,3)4)54(48)46(39)41)57-37-27-29-42-43(32-37)56(44-25-14-15-30-52-44)51(34-19-10-6-11-20-34)55(42)35-21-12-7-13-22-35;/h5-30H,1-4H3;/q-2;+2. The summed E-state index contributed by atoms with van der Waals surface area (Å²) in [5.41, 5.74) is 10.5. The number of pyridine rings is 2. The van der Waals surface area contributed by atoms with E-state index >= 15 is 0 Å². The Hall–Kier alpha value is -6.17. The van der Waals surface area contributed by atoms with Gasteiger partial charge in [0.15, 0.2) is 0 Å². The van der Waals surface area contributed by atoms with E-state index in [0.29, 0.717) is 11.5 Å². The molecular weight excluding hydrogens is 892 g/mol. The molecule has 282 valence electrons. The number of rotatable bonds is 6. The van der Waals surface area contributed by atoms with Crippen molar-refractivity contribution in [3.8, 4) is 22.8 Å². The fraction of sp³-hybridized carbons (Fsp3) is 0.120. The third kappa shape index (κ3) is 5.22. The first-order valence-electron chi connectivity index (χ1n) is 19.5. The SMILES string of the molecule is CC1(C)c2cccc3c4ccc(Oc5[c-]c6c(cc5)N(c5ccccc5)B(c5ccccc5)N6c5ccccn5)[c-]c4c4nc(-c5ccccc5)c(n4c23)C1(C)C.[Pt+2]. The fourth-order valence-electron chi connectivity index (χ4n) is 9.16. The average Bonchev–Trinajstić information content (AvgIpc) is 3.82. The molecule has 0 spiro atoms. The van der Waals surface area contributed by atoms with Crippen LogP contribution in [0.15, 0.2) is 158 Å². The van der Waals surface area contributed by atoms with Crippen molar-refractivity contribution in [3.63, 3.8) is 0 Å². The zero-order chi connectivity index (χ0) is 38.5. The second-order valence-corrected chi connectivity index (χ2v) is 16.1. The Morgan fingerprint density at radius 2 is 1.31 bits per heavy atom. The first-order chi connectivity index (χ1) is 27.8. The molecule has 2 aliphatic rings. The van der Waals surface area contributed by atoms with E-state index in [1.807, 2.05) is 42.6 Å². The van der Waals surface area contributed by atoms with Gasteiger partial charge in [0.1, 0.15) is 5.82 Å². The summed E-state index contributed by atoms with van der Waals surface area (Å²) in [4.78, 5) is 14.9. The van der Waals surface area contributed by atoms with Gasteiger partial charge in [-0.1, -0.05) is 159 Å². The van der Waals surface area contributed by atoms with E-state index in [4.69, 9.17) is 14.7 Å². The molecule has 58 heavy (non-hydrogen) atoms. The maximum Gasteiger partial charge on any atom is 2.00 e. The van der Waals surface area contributed by atoms with Crippen LogP contribution >= 0.6 is 0 Å². The number of aromatic nitrogens is 3. The summed E-state index contributed by atoms with van der Waals surface area (Å²) in [5.74, 6) is 2.01. The summed E-state index contributed by atoms with van der Waals surface area (Å²) in [7, 11) is 0. The van der Waals surface area contributed by atoms with Crippen LogP contribution in [0.3, 0.4) is 0 Å². The molecule has 0 aliphatic carbocycles. The largest absolute Gasteiger partial charge is 2.00 e. The van der Waals surface area contributed by atoms with E-state index in [-0.39, 0.29) is 38.9 Å². The second kappa shape index (κ2) is 13.5. The molecule has 6 nitrogen and oxygen atoms in total. The van der Waals surface area contributed by atoms with Gasteiger partial charge in [-0.2, -0.15) is 0 Å². The monoisotopic (exact) mass is 930 g/mol. The maximum atomic E-state index is 6.76. The summed E-state index contributed by atoms with van der Waals surface area (Å²) in [6.45, 7) is 9.25. The van der Waals surface area contributed by atoms with Crippen LogP contribution in [0.1, 0.15) is 39.0 Å². The van der Waals surface area contributed by atoms with Crippen molar-refractivity contribution in [2.75, 3.05) is 9.62 Å². The number of imidazole rings is 1. The first-order valence-corrected chi connectivity index (χ1v) is 19.5. The summed E-state index contributed by atoms with van der Waals surface area (Å²) in [6, 6.07) is 60.1. The van der Waals surface area contributed by atoms with Crippen LogP contribution in [-0.2, 0) is 31.9 Å². The van der Waals surface area contributed by atoms with E-state index in [1.165, 1.54) is 22.2 Å². The number of ether oxygens (including phenoxy) is 1. The van der Waals surface area contributed by atoms with Gasteiger partial charge in [0.05, 0.1) is 11.3 Å². The van der Waals surface area contributed by atoms with Gasteiger partial charge in [-0.05, 0) is 40.7 Å². The van der Waals surface area contributed by atoms with Crippen molar-refractivity contribution < 1.29 is 25.8 Å². The van der Waals surface area contributed by atoms with E-state index in [2.05, 4.69) is 169 Å². The zero-order valence-electron chi connectivity index (χ0n) is 32.5. The smallest absolute Gasteiger partial charge is 0.503 e. The van der Waals surface area contributed by atoms with Crippen LogP contribution in [0.5, 0.6) is 11.5 Å². The van der Waals surface area contributed by atoms with Gasteiger partial charge >= 0.3 is 28.0 Å². The van der Waals surface area contributed by atoms with Crippen molar-refractivity contribution in [1.82, 2.24) is 14.4 Å². The molecule has 9 aromatic rings.